The summed E-state index contributed by atoms with van der Waals surface area (Å²) >= 11 is 0. The SMILES string of the molecule is Cc1nc2ccccc2nc1NCC1CN(c2ccc(C3CC3)nn2)C1. The Bertz CT molecular complexity index is 929. The van der Waals surface area contributed by atoms with Crippen LogP contribution < -0.4 is 10.2 Å². The van der Waals surface area contributed by atoms with Crippen LogP contribution in [-0.4, -0.2) is 39.8 Å². The molecule has 6 heteroatoms. The van der Waals surface area contributed by atoms with E-state index in [9.17, 15) is 0 Å². The molecule has 2 fully saturated rings. The van der Waals surface area contributed by atoms with E-state index >= 15 is 0 Å². The Balaban J connectivity index is 1.18. The van der Waals surface area contributed by atoms with Crippen molar-refractivity contribution in [2.45, 2.75) is 25.7 Å². The van der Waals surface area contributed by atoms with Gasteiger partial charge in [-0.25, -0.2) is 9.97 Å². The van der Waals surface area contributed by atoms with Crippen LogP contribution in [-0.2, 0) is 0 Å². The zero-order valence-electron chi connectivity index (χ0n) is 14.9. The van der Waals surface area contributed by atoms with Crippen LogP contribution in [0.3, 0.4) is 0 Å². The van der Waals surface area contributed by atoms with E-state index in [-0.39, 0.29) is 0 Å². The van der Waals surface area contributed by atoms with Crippen LogP contribution in [0.1, 0.15) is 30.1 Å². The van der Waals surface area contributed by atoms with Crippen molar-refractivity contribution in [3.8, 4) is 0 Å². The minimum absolute atomic E-state index is 0.590. The van der Waals surface area contributed by atoms with Crippen molar-refractivity contribution in [1.82, 2.24) is 20.2 Å². The smallest absolute Gasteiger partial charge is 0.151 e. The Kier molecular flexibility index (Phi) is 3.69. The molecule has 0 spiro atoms. The normalized spacial score (nSPS) is 17.3. The molecule has 1 aliphatic heterocycles. The van der Waals surface area contributed by atoms with Gasteiger partial charge in [-0.3, -0.25) is 0 Å². The third-order valence-electron chi connectivity index (χ3n) is 5.25. The second-order valence-electron chi connectivity index (χ2n) is 7.39. The maximum absolute atomic E-state index is 4.70. The summed E-state index contributed by atoms with van der Waals surface area (Å²) in [5.41, 5.74) is 3.97. The van der Waals surface area contributed by atoms with Crippen LogP contribution in [0.4, 0.5) is 11.6 Å². The van der Waals surface area contributed by atoms with Crippen LogP contribution >= 0.6 is 0 Å². The van der Waals surface area contributed by atoms with E-state index in [1.807, 2.05) is 31.2 Å². The number of rotatable bonds is 5. The summed E-state index contributed by atoms with van der Waals surface area (Å²) in [6.45, 7) is 4.92. The molecule has 3 aromatic rings. The van der Waals surface area contributed by atoms with Gasteiger partial charge in [0.1, 0.15) is 5.82 Å². The molecule has 1 saturated heterocycles. The first-order valence-electron chi connectivity index (χ1n) is 9.32. The van der Waals surface area contributed by atoms with Gasteiger partial charge >= 0.3 is 0 Å². The molecule has 0 unspecified atom stereocenters. The monoisotopic (exact) mass is 346 g/mol. The minimum Gasteiger partial charge on any atom is -0.368 e. The average Bonchev–Trinajstić information content (AvgIpc) is 3.46. The standard InChI is InChI=1S/C20H22N6/c1-13-20(23-18-5-3-2-4-17(18)22-13)21-10-14-11-26(12-14)19-9-8-16(24-25-19)15-6-7-15/h2-5,8-9,14-15H,6-7,10-12H2,1H3,(H,21,23). The lowest BCUT2D eigenvalue weighted by molar-refractivity contribution is 0.425. The summed E-state index contributed by atoms with van der Waals surface area (Å²) in [6.07, 6.45) is 2.53. The molecule has 132 valence electrons. The molecule has 1 aromatic carbocycles. The number of aromatic nitrogens is 4. The molecule has 0 amide bonds. The van der Waals surface area contributed by atoms with Crippen LogP contribution in [0.25, 0.3) is 11.0 Å². The van der Waals surface area contributed by atoms with E-state index < -0.39 is 0 Å². The number of nitrogens with one attached hydrogen (secondary N) is 1. The fourth-order valence-electron chi connectivity index (χ4n) is 3.48. The number of aryl methyl sites for hydroxylation is 1. The highest BCUT2D eigenvalue weighted by Crippen LogP contribution is 2.39. The summed E-state index contributed by atoms with van der Waals surface area (Å²) in [7, 11) is 0. The largest absolute Gasteiger partial charge is 0.368 e. The molecular formula is C20H22N6. The summed E-state index contributed by atoms with van der Waals surface area (Å²) in [5.74, 6) is 3.13. The van der Waals surface area contributed by atoms with Gasteiger partial charge in [0.25, 0.3) is 0 Å². The number of fused-ring (bicyclic) bond motifs is 1. The fourth-order valence-corrected chi connectivity index (χ4v) is 3.48. The van der Waals surface area contributed by atoms with Crippen molar-refractivity contribution >= 4 is 22.7 Å². The summed E-state index contributed by atoms with van der Waals surface area (Å²) < 4.78 is 0. The Labute approximate surface area is 152 Å². The van der Waals surface area contributed by atoms with Crippen LogP contribution in [0.15, 0.2) is 36.4 Å². The third kappa shape index (κ3) is 2.96. The topological polar surface area (TPSA) is 66.8 Å². The summed E-state index contributed by atoms with van der Waals surface area (Å²) in [4.78, 5) is 11.6. The lowest BCUT2D eigenvalue weighted by Crippen LogP contribution is -2.50. The minimum atomic E-state index is 0.590. The second-order valence-corrected chi connectivity index (χ2v) is 7.39. The van der Waals surface area contributed by atoms with Gasteiger partial charge in [0.05, 0.1) is 22.4 Å². The van der Waals surface area contributed by atoms with Gasteiger partial charge in [0.15, 0.2) is 5.82 Å². The summed E-state index contributed by atoms with van der Waals surface area (Å²) in [6, 6.07) is 12.2. The molecule has 1 N–H and O–H groups in total. The number of para-hydroxylation sites is 2. The number of nitrogens with zero attached hydrogens (tertiary/aromatic N) is 5. The van der Waals surface area contributed by atoms with Crippen LogP contribution in [0, 0.1) is 12.8 Å². The molecular weight excluding hydrogens is 324 g/mol. The molecule has 3 heterocycles. The van der Waals surface area contributed by atoms with Gasteiger partial charge < -0.3 is 10.2 Å². The Morgan fingerprint density at radius 3 is 2.46 bits per heavy atom. The van der Waals surface area contributed by atoms with Gasteiger partial charge in [0.2, 0.25) is 0 Å². The lowest BCUT2D eigenvalue weighted by Gasteiger charge is -2.40. The van der Waals surface area contributed by atoms with Gasteiger partial charge in [-0.2, -0.15) is 5.10 Å². The van der Waals surface area contributed by atoms with E-state index in [0.717, 1.165) is 53.7 Å². The van der Waals surface area contributed by atoms with E-state index in [1.165, 1.54) is 12.8 Å². The zero-order chi connectivity index (χ0) is 17.5. The zero-order valence-corrected chi connectivity index (χ0v) is 14.9. The molecule has 6 nitrogen and oxygen atoms in total. The number of hydrogen-bond donors (Lipinski definition) is 1. The number of hydrogen-bond acceptors (Lipinski definition) is 6. The highest BCUT2D eigenvalue weighted by Gasteiger charge is 2.29. The van der Waals surface area contributed by atoms with Crippen molar-refractivity contribution in [2.75, 3.05) is 29.9 Å². The summed E-state index contributed by atoms with van der Waals surface area (Å²) in [5, 5.41) is 12.2. The van der Waals surface area contributed by atoms with Gasteiger partial charge in [-0.1, -0.05) is 12.1 Å². The molecule has 5 rings (SSSR count). The van der Waals surface area contributed by atoms with Crippen LogP contribution in [0.2, 0.25) is 0 Å². The molecule has 1 saturated carbocycles. The van der Waals surface area contributed by atoms with Gasteiger partial charge in [-0.15, -0.1) is 5.10 Å². The number of benzene rings is 1. The molecule has 2 aliphatic rings. The van der Waals surface area contributed by atoms with E-state index in [4.69, 9.17) is 4.98 Å². The van der Waals surface area contributed by atoms with Crippen molar-refractivity contribution in [3.05, 3.63) is 47.8 Å². The van der Waals surface area contributed by atoms with E-state index in [1.54, 1.807) is 0 Å². The first-order valence-corrected chi connectivity index (χ1v) is 9.32. The average molecular weight is 346 g/mol. The Hall–Kier alpha value is -2.76. The Morgan fingerprint density at radius 1 is 1.00 bits per heavy atom. The predicted molar refractivity (Wildman–Crippen MR) is 102 cm³/mol. The quantitative estimate of drug-likeness (QED) is 0.765. The van der Waals surface area contributed by atoms with Gasteiger partial charge in [0, 0.05) is 31.5 Å². The van der Waals surface area contributed by atoms with Crippen molar-refractivity contribution in [2.24, 2.45) is 5.92 Å². The van der Waals surface area contributed by atoms with Crippen molar-refractivity contribution in [3.63, 3.8) is 0 Å². The highest BCUT2D eigenvalue weighted by molar-refractivity contribution is 5.76. The first kappa shape index (κ1) is 15.5. The second kappa shape index (κ2) is 6.20. The van der Waals surface area contributed by atoms with E-state index in [2.05, 4.69) is 37.5 Å². The first-order chi connectivity index (χ1) is 12.8. The molecule has 2 aromatic heterocycles. The number of anilines is 2. The molecule has 26 heavy (non-hydrogen) atoms. The molecule has 0 bridgehead atoms. The maximum Gasteiger partial charge on any atom is 0.151 e. The van der Waals surface area contributed by atoms with Crippen molar-refractivity contribution < 1.29 is 0 Å². The predicted octanol–water partition coefficient (Wildman–Crippen LogP) is 3.15. The molecule has 0 radical (unpaired) electrons. The Morgan fingerprint density at radius 2 is 1.77 bits per heavy atom. The van der Waals surface area contributed by atoms with Gasteiger partial charge in [-0.05, 0) is 44.0 Å². The van der Waals surface area contributed by atoms with Crippen LogP contribution in [0.5, 0.6) is 0 Å². The molecule has 0 atom stereocenters. The third-order valence-corrected chi connectivity index (χ3v) is 5.25. The van der Waals surface area contributed by atoms with Crippen molar-refractivity contribution in [1.29, 1.82) is 0 Å². The fraction of sp³-hybridized carbons (Fsp3) is 0.400. The molecule has 1 aliphatic carbocycles. The maximum atomic E-state index is 4.70. The highest BCUT2D eigenvalue weighted by atomic mass is 15.3. The van der Waals surface area contributed by atoms with E-state index in [0.29, 0.717) is 11.8 Å². The lowest BCUT2D eigenvalue weighted by atomic mass is 10.0.